The second-order valence-electron chi connectivity index (χ2n) is 7.72. The Kier molecular flexibility index (Phi) is 4.03. The first kappa shape index (κ1) is 17.1. The van der Waals surface area contributed by atoms with E-state index in [1.54, 1.807) is 18.3 Å². The molecule has 136 valence electrons. The van der Waals surface area contributed by atoms with E-state index in [0.717, 1.165) is 49.1 Å². The number of benzene rings is 1. The van der Waals surface area contributed by atoms with Crippen molar-refractivity contribution < 1.29 is 13.9 Å². The summed E-state index contributed by atoms with van der Waals surface area (Å²) in [6, 6.07) is 4.60. The first-order valence-corrected chi connectivity index (χ1v) is 8.89. The first-order chi connectivity index (χ1) is 12.4. The van der Waals surface area contributed by atoms with Crippen LogP contribution in [0.25, 0.3) is 11.1 Å². The van der Waals surface area contributed by atoms with Gasteiger partial charge in [-0.05, 0) is 30.5 Å². The van der Waals surface area contributed by atoms with Crippen LogP contribution in [0.15, 0.2) is 24.4 Å². The van der Waals surface area contributed by atoms with Gasteiger partial charge in [-0.25, -0.2) is 14.4 Å². The van der Waals surface area contributed by atoms with Gasteiger partial charge < -0.3 is 9.64 Å². The molecular weight excluding hydrogens is 333 g/mol. The second-order valence-corrected chi connectivity index (χ2v) is 7.72. The number of anilines is 1. The predicted octanol–water partition coefficient (Wildman–Crippen LogP) is 3.45. The molecule has 4 rings (SSSR count). The van der Waals surface area contributed by atoms with Gasteiger partial charge in [0.25, 0.3) is 0 Å². The predicted molar refractivity (Wildman–Crippen MR) is 97.0 cm³/mol. The van der Waals surface area contributed by atoms with E-state index in [0.29, 0.717) is 5.41 Å². The van der Waals surface area contributed by atoms with Crippen molar-refractivity contribution in [2.75, 3.05) is 31.2 Å². The van der Waals surface area contributed by atoms with Crippen LogP contribution in [0.4, 0.5) is 10.3 Å². The van der Waals surface area contributed by atoms with Gasteiger partial charge in [-0.3, -0.25) is 4.79 Å². The van der Waals surface area contributed by atoms with Gasteiger partial charge in [0, 0.05) is 24.8 Å². The number of ether oxygens (including phenoxy) is 1. The normalized spacial score (nSPS) is 18.0. The van der Waals surface area contributed by atoms with Crippen LogP contribution in [-0.4, -0.2) is 42.1 Å². The Morgan fingerprint density at radius 2 is 2.04 bits per heavy atom. The molecule has 0 radical (unpaired) electrons. The summed E-state index contributed by atoms with van der Waals surface area (Å²) in [4.78, 5) is 23.2. The zero-order chi connectivity index (χ0) is 18.5. The molecule has 2 aromatic rings. The lowest BCUT2D eigenvalue weighted by atomic mass is 9.78. The Morgan fingerprint density at radius 3 is 2.62 bits per heavy atom. The quantitative estimate of drug-likeness (QED) is 0.787. The van der Waals surface area contributed by atoms with E-state index in [1.807, 2.05) is 0 Å². The third-order valence-corrected chi connectivity index (χ3v) is 5.16. The zero-order valence-electron chi connectivity index (χ0n) is 15.3. The van der Waals surface area contributed by atoms with Crippen LogP contribution in [0, 0.1) is 11.2 Å². The topological polar surface area (TPSA) is 55.3 Å². The van der Waals surface area contributed by atoms with E-state index in [1.165, 1.54) is 13.0 Å². The maximum Gasteiger partial charge on any atom is 0.225 e. The molecule has 0 saturated carbocycles. The van der Waals surface area contributed by atoms with Crippen molar-refractivity contribution in [3.05, 3.63) is 41.5 Å². The third-order valence-electron chi connectivity index (χ3n) is 5.16. The standard InChI is InChI=1S/C20H22FN3O2/c1-12(2)18-16(14-4-5-17(21)15(6-14)13(3)25)7-22-19(23-18)24-8-20(9-24)10-26-11-20/h4-7,12H,8-11H2,1-3H3. The van der Waals surface area contributed by atoms with Crippen LogP contribution in [0.1, 0.15) is 42.7 Å². The number of nitrogens with zero attached hydrogens (tertiary/aromatic N) is 3. The van der Waals surface area contributed by atoms with Gasteiger partial charge in [0.2, 0.25) is 5.95 Å². The number of carbonyl (C=O) groups is 1. The van der Waals surface area contributed by atoms with Crippen LogP contribution in [0.5, 0.6) is 0 Å². The van der Waals surface area contributed by atoms with Gasteiger partial charge in [0.1, 0.15) is 5.82 Å². The minimum Gasteiger partial charge on any atom is -0.380 e. The number of rotatable bonds is 4. The number of hydrogen-bond acceptors (Lipinski definition) is 5. The number of halogens is 1. The van der Waals surface area contributed by atoms with Crippen LogP contribution in [0.2, 0.25) is 0 Å². The third kappa shape index (κ3) is 2.78. The zero-order valence-corrected chi connectivity index (χ0v) is 15.3. The van der Waals surface area contributed by atoms with Crippen molar-refractivity contribution in [2.45, 2.75) is 26.7 Å². The van der Waals surface area contributed by atoms with E-state index < -0.39 is 5.82 Å². The monoisotopic (exact) mass is 355 g/mol. The molecule has 0 N–H and O–H groups in total. The molecule has 0 bridgehead atoms. The molecule has 26 heavy (non-hydrogen) atoms. The molecule has 0 unspecified atom stereocenters. The number of hydrogen-bond donors (Lipinski definition) is 0. The highest BCUT2D eigenvalue weighted by Gasteiger charge is 2.49. The summed E-state index contributed by atoms with van der Waals surface area (Å²) < 4.78 is 19.2. The molecule has 2 saturated heterocycles. The molecule has 0 atom stereocenters. The van der Waals surface area contributed by atoms with Gasteiger partial charge in [-0.1, -0.05) is 19.9 Å². The lowest BCUT2D eigenvalue weighted by Crippen LogP contribution is -2.66. The molecule has 1 aromatic heterocycles. The van der Waals surface area contributed by atoms with Gasteiger partial charge in [-0.2, -0.15) is 0 Å². The van der Waals surface area contributed by atoms with Gasteiger partial charge >= 0.3 is 0 Å². The molecule has 6 heteroatoms. The fraction of sp³-hybridized carbons (Fsp3) is 0.450. The summed E-state index contributed by atoms with van der Waals surface area (Å²) in [5.74, 6) is 0.115. The summed E-state index contributed by atoms with van der Waals surface area (Å²) in [5.41, 5.74) is 2.90. The second kappa shape index (κ2) is 6.13. The summed E-state index contributed by atoms with van der Waals surface area (Å²) in [7, 11) is 0. The Balaban J connectivity index is 1.68. The molecule has 3 heterocycles. The van der Waals surface area contributed by atoms with E-state index in [2.05, 4.69) is 23.7 Å². The lowest BCUT2D eigenvalue weighted by Gasteiger charge is -2.54. The molecule has 2 fully saturated rings. The molecule has 0 amide bonds. The van der Waals surface area contributed by atoms with Crippen molar-refractivity contribution in [3.63, 3.8) is 0 Å². The Hall–Kier alpha value is -2.34. The highest BCUT2D eigenvalue weighted by molar-refractivity contribution is 5.95. The van der Waals surface area contributed by atoms with Crippen molar-refractivity contribution >= 4 is 11.7 Å². The van der Waals surface area contributed by atoms with Crippen molar-refractivity contribution in [1.29, 1.82) is 0 Å². The molecule has 0 aliphatic carbocycles. The fourth-order valence-corrected chi connectivity index (χ4v) is 3.64. The van der Waals surface area contributed by atoms with Crippen LogP contribution >= 0.6 is 0 Å². The first-order valence-electron chi connectivity index (χ1n) is 8.89. The Bertz CT molecular complexity index is 869. The van der Waals surface area contributed by atoms with Crippen LogP contribution < -0.4 is 4.90 Å². The average molecular weight is 355 g/mol. The Morgan fingerprint density at radius 1 is 1.31 bits per heavy atom. The highest BCUT2D eigenvalue weighted by Crippen LogP contribution is 2.40. The molecular formula is C20H22FN3O2. The summed E-state index contributed by atoms with van der Waals surface area (Å²) >= 11 is 0. The molecule has 2 aliphatic rings. The van der Waals surface area contributed by atoms with E-state index in [-0.39, 0.29) is 17.3 Å². The molecule has 1 spiro atoms. The summed E-state index contributed by atoms with van der Waals surface area (Å²) in [6.45, 7) is 9.01. The minimum atomic E-state index is -0.501. The largest absolute Gasteiger partial charge is 0.380 e. The average Bonchev–Trinajstić information content (AvgIpc) is 2.52. The minimum absolute atomic E-state index is 0.0935. The molecule has 2 aliphatic heterocycles. The number of aromatic nitrogens is 2. The number of Topliss-reactive ketones (excluding diaryl/α,β-unsaturated/α-hetero) is 1. The summed E-state index contributed by atoms with van der Waals surface area (Å²) in [5, 5.41) is 0. The van der Waals surface area contributed by atoms with Gasteiger partial charge in [-0.15, -0.1) is 0 Å². The Labute approximate surface area is 152 Å². The number of carbonyl (C=O) groups excluding carboxylic acids is 1. The number of ketones is 1. The van der Waals surface area contributed by atoms with Crippen molar-refractivity contribution in [1.82, 2.24) is 9.97 Å². The highest BCUT2D eigenvalue weighted by atomic mass is 19.1. The van der Waals surface area contributed by atoms with Crippen molar-refractivity contribution in [3.8, 4) is 11.1 Å². The van der Waals surface area contributed by atoms with E-state index >= 15 is 0 Å². The van der Waals surface area contributed by atoms with Gasteiger partial charge in [0.15, 0.2) is 5.78 Å². The van der Waals surface area contributed by atoms with Gasteiger partial charge in [0.05, 0.1) is 29.9 Å². The van der Waals surface area contributed by atoms with Crippen LogP contribution in [0.3, 0.4) is 0 Å². The maximum atomic E-state index is 13.9. The van der Waals surface area contributed by atoms with Crippen LogP contribution in [-0.2, 0) is 4.74 Å². The van der Waals surface area contributed by atoms with E-state index in [4.69, 9.17) is 9.72 Å². The molecule has 1 aromatic carbocycles. The molecule has 5 nitrogen and oxygen atoms in total. The fourth-order valence-electron chi connectivity index (χ4n) is 3.64. The summed E-state index contributed by atoms with van der Waals surface area (Å²) in [6.07, 6.45) is 1.79. The van der Waals surface area contributed by atoms with E-state index in [9.17, 15) is 9.18 Å². The lowest BCUT2D eigenvalue weighted by molar-refractivity contribution is -0.127. The SMILES string of the molecule is CC(=O)c1cc(-c2cnc(N3CC4(COC4)C3)nc2C(C)C)ccc1F. The smallest absolute Gasteiger partial charge is 0.225 e. The van der Waals surface area contributed by atoms with Crippen molar-refractivity contribution in [2.24, 2.45) is 5.41 Å². The maximum absolute atomic E-state index is 13.9.